The third-order valence-electron chi connectivity index (χ3n) is 2.41. The van der Waals surface area contributed by atoms with Crippen LogP contribution in [0.15, 0.2) is 6.07 Å². The Hall–Kier alpha value is -1.32. The molecular formula is C9H14N2O2. The maximum Gasteiger partial charge on any atom is 0.356 e. The van der Waals surface area contributed by atoms with E-state index in [1.54, 1.807) is 6.07 Å². The van der Waals surface area contributed by atoms with E-state index < -0.39 is 5.97 Å². The Morgan fingerprint density at radius 2 is 2.31 bits per heavy atom. The van der Waals surface area contributed by atoms with Crippen molar-refractivity contribution in [2.24, 2.45) is 0 Å². The maximum absolute atomic E-state index is 10.5. The van der Waals surface area contributed by atoms with Gasteiger partial charge in [0.1, 0.15) is 0 Å². The van der Waals surface area contributed by atoms with E-state index in [2.05, 4.69) is 17.1 Å². The fourth-order valence-electron chi connectivity index (χ4n) is 0.968. The summed E-state index contributed by atoms with van der Waals surface area (Å²) in [6.45, 7) is 6.15. The molecule has 1 aromatic rings. The summed E-state index contributed by atoms with van der Waals surface area (Å²) < 4.78 is 0. The predicted octanol–water partition coefficient (Wildman–Crippen LogP) is 1.80. The number of nitrogens with zero attached hydrogens (tertiary/aromatic N) is 1. The van der Waals surface area contributed by atoms with Crippen LogP contribution in [-0.2, 0) is 5.41 Å². The lowest BCUT2D eigenvalue weighted by Crippen LogP contribution is -2.15. The van der Waals surface area contributed by atoms with E-state index in [1.165, 1.54) is 0 Å². The Morgan fingerprint density at radius 1 is 1.69 bits per heavy atom. The van der Waals surface area contributed by atoms with Crippen LogP contribution in [0.3, 0.4) is 0 Å². The molecule has 0 amide bonds. The normalized spacial score (nSPS) is 11.6. The minimum Gasteiger partial charge on any atom is -0.476 e. The van der Waals surface area contributed by atoms with Gasteiger partial charge in [0.2, 0.25) is 0 Å². The summed E-state index contributed by atoms with van der Waals surface area (Å²) in [7, 11) is 0. The van der Waals surface area contributed by atoms with Crippen LogP contribution in [0, 0.1) is 0 Å². The first-order chi connectivity index (χ1) is 5.97. The molecule has 0 unspecified atom stereocenters. The Morgan fingerprint density at radius 3 is 2.69 bits per heavy atom. The molecule has 72 valence electrons. The van der Waals surface area contributed by atoms with Crippen molar-refractivity contribution < 1.29 is 9.90 Å². The summed E-state index contributed by atoms with van der Waals surface area (Å²) in [5, 5.41) is 15.1. The fourth-order valence-corrected chi connectivity index (χ4v) is 0.968. The number of hydrogen-bond donors (Lipinski definition) is 2. The van der Waals surface area contributed by atoms with E-state index in [4.69, 9.17) is 5.11 Å². The van der Waals surface area contributed by atoms with Gasteiger partial charge in [-0.15, -0.1) is 0 Å². The first kappa shape index (κ1) is 9.77. The smallest absolute Gasteiger partial charge is 0.356 e. The SMILES string of the molecule is CCC(C)(C)c1cc(C(=O)O)n[nH]1. The number of hydrogen-bond acceptors (Lipinski definition) is 2. The summed E-state index contributed by atoms with van der Waals surface area (Å²) >= 11 is 0. The minimum absolute atomic E-state index is 0.0410. The lowest BCUT2D eigenvalue weighted by atomic mass is 9.86. The zero-order valence-electron chi connectivity index (χ0n) is 8.09. The lowest BCUT2D eigenvalue weighted by Gasteiger charge is -2.19. The summed E-state index contributed by atoms with van der Waals surface area (Å²) in [5.74, 6) is -0.991. The first-order valence-corrected chi connectivity index (χ1v) is 4.26. The van der Waals surface area contributed by atoms with Crippen molar-refractivity contribution in [3.8, 4) is 0 Å². The molecule has 13 heavy (non-hydrogen) atoms. The van der Waals surface area contributed by atoms with Gasteiger partial charge in [-0.05, 0) is 12.5 Å². The molecule has 4 nitrogen and oxygen atoms in total. The topological polar surface area (TPSA) is 66.0 Å². The Balaban J connectivity index is 2.98. The van der Waals surface area contributed by atoms with Crippen LogP contribution in [-0.4, -0.2) is 21.3 Å². The average molecular weight is 182 g/mol. The molecule has 0 fully saturated rings. The van der Waals surface area contributed by atoms with E-state index in [0.29, 0.717) is 0 Å². The zero-order chi connectivity index (χ0) is 10.1. The second-order valence-corrected chi connectivity index (χ2v) is 3.71. The molecular weight excluding hydrogens is 168 g/mol. The third-order valence-corrected chi connectivity index (χ3v) is 2.41. The highest BCUT2D eigenvalue weighted by Crippen LogP contribution is 2.24. The summed E-state index contributed by atoms with van der Waals surface area (Å²) in [4.78, 5) is 10.5. The highest BCUT2D eigenvalue weighted by atomic mass is 16.4. The van der Waals surface area contributed by atoms with Gasteiger partial charge < -0.3 is 5.11 Å². The van der Waals surface area contributed by atoms with Crippen molar-refractivity contribution in [1.82, 2.24) is 10.2 Å². The molecule has 0 saturated carbocycles. The highest BCUT2D eigenvalue weighted by Gasteiger charge is 2.21. The number of carbonyl (C=O) groups is 1. The van der Waals surface area contributed by atoms with Crippen molar-refractivity contribution in [1.29, 1.82) is 0 Å². The van der Waals surface area contributed by atoms with E-state index in [-0.39, 0.29) is 11.1 Å². The molecule has 0 bridgehead atoms. The largest absolute Gasteiger partial charge is 0.476 e. The monoisotopic (exact) mass is 182 g/mol. The van der Waals surface area contributed by atoms with Crippen molar-refractivity contribution >= 4 is 5.97 Å². The Kier molecular flexibility index (Phi) is 2.40. The van der Waals surface area contributed by atoms with Gasteiger partial charge in [0.15, 0.2) is 5.69 Å². The molecule has 1 aromatic heterocycles. The molecule has 0 saturated heterocycles. The van der Waals surface area contributed by atoms with Gasteiger partial charge in [-0.25, -0.2) is 4.79 Å². The van der Waals surface area contributed by atoms with Gasteiger partial charge in [0.25, 0.3) is 0 Å². The number of aromatic carboxylic acids is 1. The number of carboxylic acid groups (broad SMARTS) is 1. The number of carboxylic acids is 1. The van der Waals surface area contributed by atoms with E-state index >= 15 is 0 Å². The van der Waals surface area contributed by atoms with Crippen LogP contribution in [0.2, 0.25) is 0 Å². The van der Waals surface area contributed by atoms with Gasteiger partial charge in [-0.1, -0.05) is 20.8 Å². The maximum atomic E-state index is 10.5. The predicted molar refractivity (Wildman–Crippen MR) is 48.9 cm³/mol. The second kappa shape index (κ2) is 3.20. The van der Waals surface area contributed by atoms with Gasteiger partial charge in [0, 0.05) is 11.1 Å². The molecule has 0 aromatic carbocycles. The van der Waals surface area contributed by atoms with Crippen LogP contribution < -0.4 is 0 Å². The van der Waals surface area contributed by atoms with Crippen LogP contribution in [0.1, 0.15) is 43.4 Å². The number of H-pyrrole nitrogens is 1. The van der Waals surface area contributed by atoms with Crippen LogP contribution in [0.4, 0.5) is 0 Å². The molecule has 1 heterocycles. The first-order valence-electron chi connectivity index (χ1n) is 4.26. The zero-order valence-corrected chi connectivity index (χ0v) is 8.09. The number of aromatic nitrogens is 2. The second-order valence-electron chi connectivity index (χ2n) is 3.71. The Labute approximate surface area is 77.0 Å². The Bertz CT molecular complexity index is 315. The van der Waals surface area contributed by atoms with E-state index in [0.717, 1.165) is 12.1 Å². The van der Waals surface area contributed by atoms with Crippen molar-refractivity contribution in [3.05, 3.63) is 17.5 Å². The molecule has 0 aliphatic carbocycles. The molecule has 0 aliphatic rings. The number of rotatable bonds is 3. The average Bonchev–Trinajstić information content (AvgIpc) is 2.52. The van der Waals surface area contributed by atoms with Gasteiger partial charge in [-0.2, -0.15) is 5.10 Å². The van der Waals surface area contributed by atoms with E-state index in [9.17, 15) is 4.79 Å². The van der Waals surface area contributed by atoms with Crippen LogP contribution in [0.25, 0.3) is 0 Å². The number of aromatic amines is 1. The molecule has 2 N–H and O–H groups in total. The van der Waals surface area contributed by atoms with Crippen LogP contribution >= 0.6 is 0 Å². The van der Waals surface area contributed by atoms with E-state index in [1.807, 2.05) is 13.8 Å². The summed E-state index contributed by atoms with van der Waals surface area (Å²) in [6, 6.07) is 1.59. The van der Waals surface area contributed by atoms with Crippen molar-refractivity contribution in [2.45, 2.75) is 32.6 Å². The molecule has 0 aliphatic heterocycles. The minimum atomic E-state index is -0.991. The van der Waals surface area contributed by atoms with Gasteiger partial charge in [0.05, 0.1) is 0 Å². The highest BCUT2D eigenvalue weighted by molar-refractivity contribution is 5.85. The van der Waals surface area contributed by atoms with Gasteiger partial charge >= 0.3 is 5.97 Å². The van der Waals surface area contributed by atoms with Crippen LogP contribution in [0.5, 0.6) is 0 Å². The molecule has 0 radical (unpaired) electrons. The lowest BCUT2D eigenvalue weighted by molar-refractivity contribution is 0.0690. The molecule has 0 atom stereocenters. The summed E-state index contributed by atoms with van der Waals surface area (Å²) in [6.07, 6.45) is 0.939. The van der Waals surface area contributed by atoms with Crippen molar-refractivity contribution in [3.63, 3.8) is 0 Å². The quantitative estimate of drug-likeness (QED) is 0.749. The molecule has 0 spiro atoms. The fraction of sp³-hybridized carbons (Fsp3) is 0.556. The van der Waals surface area contributed by atoms with Crippen molar-refractivity contribution in [2.75, 3.05) is 0 Å². The number of nitrogens with one attached hydrogen (secondary N) is 1. The molecule has 4 heteroatoms. The molecule has 1 rings (SSSR count). The third kappa shape index (κ3) is 1.88. The summed E-state index contributed by atoms with van der Waals surface area (Å²) in [5.41, 5.74) is 0.907. The standard InChI is InChI=1S/C9H14N2O2/c1-4-9(2,3)7-5-6(8(12)13)10-11-7/h5H,4H2,1-3H3,(H,10,11)(H,12,13). The van der Waals surface area contributed by atoms with Gasteiger partial charge in [-0.3, -0.25) is 5.10 Å².